The van der Waals surface area contributed by atoms with E-state index in [9.17, 15) is 44.0 Å². The molecule has 0 heterocycles. The van der Waals surface area contributed by atoms with Crippen molar-refractivity contribution in [1.29, 1.82) is 0 Å². The van der Waals surface area contributed by atoms with Crippen molar-refractivity contribution in [3.05, 3.63) is 58.7 Å². The number of nitrogens with one attached hydrogen (secondary N) is 2. The van der Waals surface area contributed by atoms with Gasteiger partial charge in [-0.05, 0) is 12.1 Å². The molecule has 0 unspecified atom stereocenters. The largest absolute Gasteiger partial charge is 0.505 e. The van der Waals surface area contributed by atoms with Crippen LogP contribution < -0.4 is 14.2 Å². The number of carbonyl (C=O) groups is 2. The molecule has 2 aromatic carbocycles. The van der Waals surface area contributed by atoms with E-state index in [1.165, 1.54) is 9.44 Å². The lowest BCUT2D eigenvalue weighted by atomic mass is 10.2. The number of amides is 2. The van der Waals surface area contributed by atoms with Gasteiger partial charge in [0.2, 0.25) is 20.0 Å². The van der Waals surface area contributed by atoms with Gasteiger partial charge >= 0.3 is 0 Å². The maximum Gasteiger partial charge on any atom is 0.267 e. The molecule has 0 aliphatic heterocycles. The highest BCUT2D eigenvalue weighted by atomic mass is 32.2. The quantitative estimate of drug-likeness (QED) is 0.498. The van der Waals surface area contributed by atoms with Gasteiger partial charge in [0, 0.05) is 12.1 Å². The second-order valence-corrected chi connectivity index (χ2v) is 9.65. The molecule has 0 aromatic heterocycles. The minimum atomic E-state index is -3.86. The summed E-state index contributed by atoms with van der Waals surface area (Å²) in [6.45, 7) is 0. The number of benzene rings is 2. The van der Waals surface area contributed by atoms with Gasteiger partial charge in [0.05, 0.1) is 30.7 Å². The fourth-order valence-corrected chi connectivity index (χ4v) is 2.91. The Morgan fingerprint density at radius 3 is 1.55 bits per heavy atom. The summed E-state index contributed by atoms with van der Waals surface area (Å²) in [6, 6.07) is 2.01. The number of methoxy groups -OCH3 is 1. The number of aromatic hydroxyl groups is 1. The highest BCUT2D eigenvalue weighted by molar-refractivity contribution is 7.89. The van der Waals surface area contributed by atoms with Gasteiger partial charge in [0.25, 0.3) is 11.8 Å². The van der Waals surface area contributed by atoms with Crippen molar-refractivity contribution in [3.8, 4) is 11.5 Å². The topological polar surface area (TPSA) is 156 Å². The van der Waals surface area contributed by atoms with E-state index in [1.807, 2.05) is 0 Å². The SMILES string of the molecule is COc1cc(F)c(C(=O)NS(C)(=O)=O)cc1F.CS(=O)(=O)NC(=O)c1cc(F)c(O)cc1F. The molecule has 2 rings (SSSR count). The number of ether oxygens (including phenoxy) is 1. The summed E-state index contributed by atoms with van der Waals surface area (Å²) in [7, 11) is -6.57. The maximum absolute atomic E-state index is 13.3. The van der Waals surface area contributed by atoms with Crippen LogP contribution >= 0.6 is 0 Å². The molecule has 182 valence electrons. The number of hydrogen-bond donors (Lipinski definition) is 3. The fraction of sp³-hybridized carbons (Fsp3) is 0.176. The predicted octanol–water partition coefficient (Wildman–Crippen LogP) is 1.02. The zero-order valence-corrected chi connectivity index (χ0v) is 18.6. The van der Waals surface area contributed by atoms with Crippen LogP contribution in [0.1, 0.15) is 20.7 Å². The molecule has 0 atom stereocenters. The van der Waals surface area contributed by atoms with E-state index in [1.54, 1.807) is 0 Å². The number of carbonyl (C=O) groups excluding carboxylic acids is 2. The van der Waals surface area contributed by atoms with E-state index in [0.717, 1.165) is 13.4 Å². The van der Waals surface area contributed by atoms with E-state index < -0.39 is 72.0 Å². The second kappa shape index (κ2) is 10.5. The number of rotatable bonds is 5. The van der Waals surface area contributed by atoms with Crippen LogP contribution in [0.25, 0.3) is 0 Å². The van der Waals surface area contributed by atoms with Crippen LogP contribution in [0.2, 0.25) is 0 Å². The van der Waals surface area contributed by atoms with Crippen LogP contribution in [0.15, 0.2) is 24.3 Å². The van der Waals surface area contributed by atoms with Crippen molar-refractivity contribution in [2.45, 2.75) is 0 Å². The number of phenolic OH excluding ortho intramolecular Hbond substituents is 1. The third kappa shape index (κ3) is 8.57. The van der Waals surface area contributed by atoms with Crippen LogP contribution in [0, 0.1) is 23.3 Å². The van der Waals surface area contributed by atoms with Crippen LogP contribution in [0.5, 0.6) is 11.5 Å². The third-order valence-corrected chi connectivity index (χ3v) is 4.44. The predicted molar refractivity (Wildman–Crippen MR) is 106 cm³/mol. The Hall–Kier alpha value is -3.40. The number of hydrogen-bond acceptors (Lipinski definition) is 8. The van der Waals surface area contributed by atoms with Crippen molar-refractivity contribution in [2.24, 2.45) is 0 Å². The highest BCUT2D eigenvalue weighted by Gasteiger charge is 2.19. The lowest BCUT2D eigenvalue weighted by Crippen LogP contribution is -2.30. The van der Waals surface area contributed by atoms with E-state index in [4.69, 9.17) is 5.11 Å². The number of halogens is 4. The molecule has 3 N–H and O–H groups in total. The Morgan fingerprint density at radius 2 is 1.15 bits per heavy atom. The lowest BCUT2D eigenvalue weighted by Gasteiger charge is -2.07. The first-order chi connectivity index (χ1) is 14.9. The van der Waals surface area contributed by atoms with E-state index in [-0.39, 0.29) is 5.75 Å². The van der Waals surface area contributed by atoms with E-state index >= 15 is 0 Å². The molecule has 0 saturated heterocycles. The monoisotopic (exact) mass is 516 g/mol. The van der Waals surface area contributed by atoms with Crippen molar-refractivity contribution in [1.82, 2.24) is 9.44 Å². The van der Waals surface area contributed by atoms with Crippen molar-refractivity contribution >= 4 is 31.9 Å². The summed E-state index contributed by atoms with van der Waals surface area (Å²) in [5.74, 6) is -8.38. The molecule has 2 amide bonds. The van der Waals surface area contributed by atoms with Crippen molar-refractivity contribution < 1.29 is 53.8 Å². The number of phenols is 1. The summed E-state index contributed by atoms with van der Waals surface area (Å²) in [5.41, 5.74) is -1.52. The van der Waals surface area contributed by atoms with E-state index in [2.05, 4.69) is 4.74 Å². The minimum absolute atomic E-state index is 0.376. The van der Waals surface area contributed by atoms with Crippen LogP contribution in [-0.4, -0.2) is 53.4 Å². The Labute approximate surface area is 185 Å². The molecule has 0 spiro atoms. The summed E-state index contributed by atoms with van der Waals surface area (Å²) >= 11 is 0. The standard InChI is InChI=1S/C9H9F2NO4S.C8H7F2NO4S/c1-16-8-4-6(10)5(3-7(8)11)9(13)12-17(2,14)15;1-16(14,15)11-8(13)4-2-6(10)7(12)3-5(4)9/h3-4H,1-2H3,(H,12,13);2-3,12H,1H3,(H,11,13). The van der Waals surface area contributed by atoms with Crippen molar-refractivity contribution in [3.63, 3.8) is 0 Å². The highest BCUT2D eigenvalue weighted by Crippen LogP contribution is 2.21. The molecule has 0 saturated carbocycles. The van der Waals surface area contributed by atoms with Crippen molar-refractivity contribution in [2.75, 3.05) is 19.6 Å². The minimum Gasteiger partial charge on any atom is -0.505 e. The molecule has 2 aromatic rings. The van der Waals surface area contributed by atoms with Crippen LogP contribution in [-0.2, 0) is 20.0 Å². The molecule has 0 aliphatic rings. The number of sulfonamides is 2. The van der Waals surface area contributed by atoms with Crippen LogP contribution in [0.4, 0.5) is 17.6 Å². The maximum atomic E-state index is 13.3. The first-order valence-electron chi connectivity index (χ1n) is 8.20. The normalized spacial score (nSPS) is 11.1. The molecular weight excluding hydrogens is 500 g/mol. The zero-order valence-electron chi connectivity index (χ0n) is 16.9. The van der Waals surface area contributed by atoms with Gasteiger partial charge in [-0.15, -0.1) is 0 Å². The first kappa shape index (κ1) is 27.6. The Balaban J connectivity index is 0.000000331. The molecule has 0 radical (unpaired) electrons. The molecule has 0 aliphatic carbocycles. The summed E-state index contributed by atoms with van der Waals surface area (Å²) in [6.07, 6.45) is 1.42. The zero-order chi connectivity index (χ0) is 25.7. The van der Waals surface area contributed by atoms with Gasteiger partial charge in [0.15, 0.2) is 23.1 Å². The molecule has 10 nitrogen and oxygen atoms in total. The summed E-state index contributed by atoms with van der Waals surface area (Å²) in [5, 5.41) is 8.77. The molecule has 33 heavy (non-hydrogen) atoms. The molecule has 16 heteroatoms. The molecular formula is C17H16F4N2O8S2. The second-order valence-electron chi connectivity index (χ2n) is 6.16. The summed E-state index contributed by atoms with van der Waals surface area (Å²) in [4.78, 5) is 22.5. The average molecular weight is 516 g/mol. The van der Waals surface area contributed by atoms with Gasteiger partial charge in [0.1, 0.15) is 11.6 Å². The van der Waals surface area contributed by atoms with Gasteiger partial charge < -0.3 is 9.84 Å². The smallest absolute Gasteiger partial charge is 0.267 e. The average Bonchev–Trinajstić information content (AvgIpc) is 2.63. The lowest BCUT2D eigenvalue weighted by molar-refractivity contribution is 0.0968. The van der Waals surface area contributed by atoms with Gasteiger partial charge in [-0.2, -0.15) is 0 Å². The Morgan fingerprint density at radius 1 is 0.758 bits per heavy atom. The third-order valence-electron chi connectivity index (χ3n) is 3.32. The van der Waals surface area contributed by atoms with Gasteiger partial charge in [-0.1, -0.05) is 0 Å². The Kier molecular flexibility index (Phi) is 8.77. The summed E-state index contributed by atoms with van der Waals surface area (Å²) < 4.78 is 103. The molecule has 0 bridgehead atoms. The first-order valence-corrected chi connectivity index (χ1v) is 12.0. The van der Waals surface area contributed by atoms with E-state index in [0.29, 0.717) is 30.5 Å². The van der Waals surface area contributed by atoms with Crippen LogP contribution in [0.3, 0.4) is 0 Å². The molecule has 0 fully saturated rings. The Bertz CT molecular complexity index is 1300. The van der Waals surface area contributed by atoms with Gasteiger partial charge in [-0.3, -0.25) is 9.59 Å². The van der Waals surface area contributed by atoms with Gasteiger partial charge in [-0.25, -0.2) is 43.8 Å². The fourth-order valence-electron chi connectivity index (χ4n) is 2.02.